The van der Waals surface area contributed by atoms with E-state index in [-0.39, 0.29) is 18.2 Å². The minimum atomic E-state index is -0.572. The third-order valence-corrected chi connectivity index (χ3v) is 4.27. The second-order valence-electron chi connectivity index (χ2n) is 6.03. The third-order valence-electron chi connectivity index (χ3n) is 4.27. The molecule has 1 aliphatic rings. The lowest BCUT2D eigenvalue weighted by atomic mass is 10.0. The van der Waals surface area contributed by atoms with Gasteiger partial charge in [0.15, 0.2) is 0 Å². The number of amides is 2. The quantitative estimate of drug-likeness (QED) is 0.824. The van der Waals surface area contributed by atoms with Gasteiger partial charge in [0.1, 0.15) is 6.04 Å². The molecule has 0 aromatic heterocycles. The number of fused-ring (bicyclic) bond motifs is 1. The number of carbonyl (C=O) groups is 2. The highest BCUT2D eigenvalue weighted by atomic mass is 16.2. The van der Waals surface area contributed by atoms with Crippen LogP contribution < -0.4 is 15.5 Å². The Morgan fingerprint density at radius 3 is 2.72 bits per heavy atom. The maximum absolute atomic E-state index is 12.5. The van der Waals surface area contributed by atoms with E-state index in [0.29, 0.717) is 6.54 Å². The van der Waals surface area contributed by atoms with Gasteiger partial charge < -0.3 is 15.5 Å². The molecule has 0 saturated heterocycles. The van der Waals surface area contributed by atoms with E-state index in [4.69, 9.17) is 0 Å². The Balaban J connectivity index is 1.80. The number of benzene rings is 2. The number of anilines is 3. The second kappa shape index (κ2) is 7.21. The summed E-state index contributed by atoms with van der Waals surface area (Å²) in [4.78, 5) is 26.9. The first-order valence-electron chi connectivity index (χ1n) is 8.23. The molecule has 2 amide bonds. The fraction of sp³-hybridized carbons (Fsp3) is 0.200. The Kier molecular flexibility index (Phi) is 4.84. The molecule has 1 aliphatic heterocycles. The Labute approximate surface area is 147 Å². The van der Waals surface area contributed by atoms with E-state index in [1.165, 1.54) is 0 Å². The molecule has 2 aromatic carbocycles. The maximum atomic E-state index is 12.5. The summed E-state index contributed by atoms with van der Waals surface area (Å²) >= 11 is 0. The molecule has 1 unspecified atom stereocenters. The molecular formula is C20H21N3O2. The lowest BCUT2D eigenvalue weighted by Gasteiger charge is -2.37. The van der Waals surface area contributed by atoms with Crippen LogP contribution in [0.1, 0.15) is 12.0 Å². The minimum absolute atomic E-state index is 0.0718. The Hall–Kier alpha value is -3.08. The van der Waals surface area contributed by atoms with Gasteiger partial charge >= 0.3 is 0 Å². The number of carbonyl (C=O) groups excluding carboxylic acids is 2. The van der Waals surface area contributed by atoms with Crippen molar-refractivity contribution in [3.8, 4) is 0 Å². The van der Waals surface area contributed by atoms with E-state index in [0.717, 1.165) is 22.6 Å². The van der Waals surface area contributed by atoms with Gasteiger partial charge in [-0.25, -0.2) is 0 Å². The molecule has 128 valence electrons. The van der Waals surface area contributed by atoms with Crippen molar-refractivity contribution < 1.29 is 9.59 Å². The molecular weight excluding hydrogens is 314 g/mol. The molecule has 0 aliphatic carbocycles. The fourth-order valence-corrected chi connectivity index (χ4v) is 3.01. The van der Waals surface area contributed by atoms with Crippen LogP contribution in [0, 0.1) is 6.92 Å². The average molecular weight is 335 g/mol. The van der Waals surface area contributed by atoms with Gasteiger partial charge in [0.05, 0.1) is 17.8 Å². The summed E-state index contributed by atoms with van der Waals surface area (Å²) in [5, 5.41) is 5.78. The molecule has 3 rings (SSSR count). The highest BCUT2D eigenvalue weighted by Crippen LogP contribution is 2.32. The van der Waals surface area contributed by atoms with Gasteiger partial charge in [0.25, 0.3) is 0 Å². The van der Waals surface area contributed by atoms with Crippen LogP contribution >= 0.6 is 0 Å². The topological polar surface area (TPSA) is 61.4 Å². The van der Waals surface area contributed by atoms with E-state index in [2.05, 4.69) is 17.2 Å². The van der Waals surface area contributed by atoms with Gasteiger partial charge in [-0.3, -0.25) is 9.59 Å². The molecule has 2 aromatic rings. The van der Waals surface area contributed by atoms with Gasteiger partial charge in [-0.1, -0.05) is 36.4 Å². The van der Waals surface area contributed by atoms with Crippen LogP contribution in [0.4, 0.5) is 17.1 Å². The lowest BCUT2D eigenvalue weighted by Crippen LogP contribution is -2.49. The largest absolute Gasteiger partial charge is 0.354 e. The highest BCUT2D eigenvalue weighted by molar-refractivity contribution is 6.06. The molecule has 0 spiro atoms. The number of hydrogen-bond acceptors (Lipinski definition) is 3. The van der Waals surface area contributed by atoms with Crippen molar-refractivity contribution in [2.24, 2.45) is 0 Å². The van der Waals surface area contributed by atoms with E-state index >= 15 is 0 Å². The van der Waals surface area contributed by atoms with Crippen molar-refractivity contribution in [3.05, 3.63) is 66.7 Å². The summed E-state index contributed by atoms with van der Waals surface area (Å²) in [5.74, 6) is -0.372. The first-order chi connectivity index (χ1) is 12.1. The van der Waals surface area contributed by atoms with Crippen LogP contribution in [0.2, 0.25) is 0 Å². The zero-order valence-corrected chi connectivity index (χ0v) is 14.2. The number of para-hydroxylation sites is 3. The van der Waals surface area contributed by atoms with Crippen LogP contribution in [0.15, 0.2) is 61.2 Å². The average Bonchev–Trinajstić information content (AvgIpc) is 2.60. The molecule has 0 bridgehead atoms. The van der Waals surface area contributed by atoms with Crippen molar-refractivity contribution in [3.63, 3.8) is 0 Å². The molecule has 5 nitrogen and oxygen atoms in total. The molecule has 1 atom stereocenters. The number of nitrogens with one attached hydrogen (secondary N) is 2. The Morgan fingerprint density at radius 2 is 1.96 bits per heavy atom. The van der Waals surface area contributed by atoms with Crippen molar-refractivity contribution in [1.82, 2.24) is 0 Å². The number of hydrogen-bond donors (Lipinski definition) is 2. The fourth-order valence-electron chi connectivity index (χ4n) is 3.01. The standard InChI is InChI=1S/C20H21N3O2/c1-3-12-23-17-11-7-6-10-16(17)22-20(25)18(23)13-19(24)21-15-9-5-4-8-14(15)2/h3-11,18H,1,12-13H2,2H3,(H,21,24)(H,22,25). The van der Waals surface area contributed by atoms with Gasteiger partial charge in [0, 0.05) is 12.2 Å². The normalized spacial score (nSPS) is 16.0. The van der Waals surface area contributed by atoms with Crippen LogP contribution in [-0.4, -0.2) is 24.4 Å². The van der Waals surface area contributed by atoms with Gasteiger partial charge in [-0.2, -0.15) is 0 Å². The summed E-state index contributed by atoms with van der Waals surface area (Å²) < 4.78 is 0. The smallest absolute Gasteiger partial charge is 0.247 e. The zero-order chi connectivity index (χ0) is 17.8. The summed E-state index contributed by atoms with van der Waals surface area (Å²) in [6, 6.07) is 14.6. The van der Waals surface area contributed by atoms with Crippen molar-refractivity contribution in [2.45, 2.75) is 19.4 Å². The monoisotopic (exact) mass is 335 g/mol. The lowest BCUT2D eigenvalue weighted by molar-refractivity contribution is -0.122. The van der Waals surface area contributed by atoms with Crippen molar-refractivity contribution >= 4 is 28.9 Å². The van der Waals surface area contributed by atoms with Gasteiger partial charge in [-0.15, -0.1) is 6.58 Å². The SMILES string of the molecule is C=CCN1c2ccccc2NC(=O)C1CC(=O)Nc1ccccc1C. The van der Waals surface area contributed by atoms with Crippen LogP contribution in [0.3, 0.4) is 0 Å². The van der Waals surface area contributed by atoms with Gasteiger partial charge in [-0.05, 0) is 30.7 Å². The third kappa shape index (κ3) is 3.55. The summed E-state index contributed by atoms with van der Waals surface area (Å²) in [6.45, 7) is 6.20. The molecule has 0 radical (unpaired) electrons. The van der Waals surface area contributed by atoms with E-state index in [9.17, 15) is 9.59 Å². The first kappa shape index (κ1) is 16.8. The predicted octanol–water partition coefficient (Wildman–Crippen LogP) is 3.34. The minimum Gasteiger partial charge on any atom is -0.354 e. The van der Waals surface area contributed by atoms with Crippen LogP contribution in [0.5, 0.6) is 0 Å². The number of aryl methyl sites for hydroxylation is 1. The number of nitrogens with zero attached hydrogens (tertiary/aromatic N) is 1. The van der Waals surface area contributed by atoms with Crippen molar-refractivity contribution in [1.29, 1.82) is 0 Å². The van der Waals surface area contributed by atoms with Crippen LogP contribution in [-0.2, 0) is 9.59 Å². The molecule has 2 N–H and O–H groups in total. The predicted molar refractivity (Wildman–Crippen MR) is 101 cm³/mol. The number of rotatable bonds is 5. The molecule has 0 fully saturated rings. The summed E-state index contributed by atoms with van der Waals surface area (Å²) in [7, 11) is 0. The zero-order valence-electron chi connectivity index (χ0n) is 14.2. The molecule has 0 saturated carbocycles. The second-order valence-corrected chi connectivity index (χ2v) is 6.03. The summed E-state index contributed by atoms with van der Waals surface area (Å²) in [6.07, 6.45) is 1.81. The highest BCUT2D eigenvalue weighted by Gasteiger charge is 2.33. The molecule has 25 heavy (non-hydrogen) atoms. The van der Waals surface area contributed by atoms with E-state index in [1.807, 2.05) is 60.4 Å². The molecule has 1 heterocycles. The molecule has 5 heteroatoms. The summed E-state index contributed by atoms with van der Waals surface area (Å²) in [5.41, 5.74) is 3.40. The van der Waals surface area contributed by atoms with Gasteiger partial charge in [0.2, 0.25) is 11.8 Å². The van der Waals surface area contributed by atoms with Crippen molar-refractivity contribution in [2.75, 3.05) is 22.1 Å². The first-order valence-corrected chi connectivity index (χ1v) is 8.23. The Morgan fingerprint density at radius 1 is 1.24 bits per heavy atom. The van der Waals surface area contributed by atoms with Crippen LogP contribution in [0.25, 0.3) is 0 Å². The Bertz CT molecular complexity index is 816. The maximum Gasteiger partial charge on any atom is 0.247 e. The van der Waals surface area contributed by atoms with E-state index < -0.39 is 6.04 Å². The van der Waals surface area contributed by atoms with E-state index in [1.54, 1.807) is 6.08 Å².